The first-order chi connectivity index (χ1) is 9.59. The number of hydrogen-bond donors (Lipinski definition) is 0. The van der Waals surface area contributed by atoms with Crippen LogP contribution in [0.2, 0.25) is 0 Å². The van der Waals surface area contributed by atoms with Gasteiger partial charge in [-0.1, -0.05) is 88.4 Å². The van der Waals surface area contributed by atoms with Crippen molar-refractivity contribution in [3.63, 3.8) is 0 Å². The van der Waals surface area contributed by atoms with Crippen LogP contribution >= 0.6 is 0 Å². The van der Waals surface area contributed by atoms with Crippen LogP contribution in [0, 0.1) is 5.92 Å². The van der Waals surface area contributed by atoms with Gasteiger partial charge in [0.1, 0.15) is 0 Å². The molecule has 0 aliphatic rings. The highest BCUT2D eigenvalue weighted by Gasteiger charge is 1.94. The number of aryl methyl sites for hydroxylation is 1. The summed E-state index contributed by atoms with van der Waals surface area (Å²) < 4.78 is 0. The zero-order chi connectivity index (χ0) is 14.8. The van der Waals surface area contributed by atoms with Crippen LogP contribution in [-0.4, -0.2) is 0 Å². The highest BCUT2D eigenvalue weighted by Crippen LogP contribution is 2.11. The summed E-state index contributed by atoms with van der Waals surface area (Å²) in [5.41, 5.74) is 2.87. The second-order valence-electron chi connectivity index (χ2n) is 5.98. The molecule has 0 saturated heterocycles. The molecule has 2 rings (SSSR count). The SMILES string of the molecule is CC(C)CCc1ccccc1.CC(C)c1ccccc1. The third-order valence-electron chi connectivity index (χ3n) is 3.32. The maximum atomic E-state index is 2.27. The summed E-state index contributed by atoms with van der Waals surface area (Å²) in [7, 11) is 0. The van der Waals surface area contributed by atoms with Crippen molar-refractivity contribution >= 4 is 0 Å². The molecule has 0 aromatic heterocycles. The van der Waals surface area contributed by atoms with E-state index in [0.717, 1.165) is 5.92 Å². The summed E-state index contributed by atoms with van der Waals surface area (Å²) in [6, 6.07) is 21.2. The van der Waals surface area contributed by atoms with Crippen molar-refractivity contribution in [3.05, 3.63) is 71.8 Å². The lowest BCUT2D eigenvalue weighted by atomic mass is 10.0. The second kappa shape index (κ2) is 9.36. The zero-order valence-electron chi connectivity index (χ0n) is 13.3. The van der Waals surface area contributed by atoms with E-state index in [4.69, 9.17) is 0 Å². The normalized spacial score (nSPS) is 10.3. The van der Waals surface area contributed by atoms with Crippen LogP contribution in [-0.2, 0) is 6.42 Å². The Bertz CT molecular complexity index is 440. The Morgan fingerprint density at radius 3 is 1.60 bits per heavy atom. The van der Waals surface area contributed by atoms with Crippen LogP contribution < -0.4 is 0 Å². The topological polar surface area (TPSA) is 0 Å². The van der Waals surface area contributed by atoms with Crippen molar-refractivity contribution in [1.82, 2.24) is 0 Å². The van der Waals surface area contributed by atoms with Crippen molar-refractivity contribution < 1.29 is 0 Å². The molecule has 0 heterocycles. The van der Waals surface area contributed by atoms with Crippen LogP contribution in [0.3, 0.4) is 0 Å². The molecule has 108 valence electrons. The van der Waals surface area contributed by atoms with Crippen LogP contribution in [0.4, 0.5) is 0 Å². The van der Waals surface area contributed by atoms with Gasteiger partial charge in [-0.15, -0.1) is 0 Å². The lowest BCUT2D eigenvalue weighted by Gasteiger charge is -2.03. The third-order valence-corrected chi connectivity index (χ3v) is 3.32. The predicted octanol–water partition coefficient (Wildman–Crippen LogP) is 6.09. The Labute approximate surface area is 124 Å². The molecule has 2 aromatic carbocycles. The number of benzene rings is 2. The summed E-state index contributed by atoms with van der Waals surface area (Å²) in [5, 5.41) is 0. The Morgan fingerprint density at radius 2 is 1.20 bits per heavy atom. The van der Waals surface area contributed by atoms with Crippen LogP contribution in [0.25, 0.3) is 0 Å². The van der Waals surface area contributed by atoms with Crippen LogP contribution in [0.15, 0.2) is 60.7 Å². The molecule has 0 bridgehead atoms. The van der Waals surface area contributed by atoms with Gasteiger partial charge in [-0.05, 0) is 35.8 Å². The van der Waals surface area contributed by atoms with Gasteiger partial charge in [-0.25, -0.2) is 0 Å². The third kappa shape index (κ3) is 7.13. The van der Waals surface area contributed by atoms with Gasteiger partial charge in [0.2, 0.25) is 0 Å². The molecular formula is C20H28. The molecule has 2 aromatic rings. The monoisotopic (exact) mass is 268 g/mol. The summed E-state index contributed by atoms with van der Waals surface area (Å²) in [4.78, 5) is 0. The van der Waals surface area contributed by atoms with Crippen molar-refractivity contribution in [2.75, 3.05) is 0 Å². The molecule has 0 heteroatoms. The Morgan fingerprint density at radius 1 is 0.700 bits per heavy atom. The van der Waals surface area contributed by atoms with Crippen molar-refractivity contribution in [1.29, 1.82) is 0 Å². The van der Waals surface area contributed by atoms with Gasteiger partial charge in [0.05, 0.1) is 0 Å². The zero-order valence-corrected chi connectivity index (χ0v) is 13.3. The molecule has 0 nitrogen and oxygen atoms in total. The largest absolute Gasteiger partial charge is 0.0628 e. The van der Waals surface area contributed by atoms with Gasteiger partial charge >= 0.3 is 0 Å². The first kappa shape index (κ1) is 16.5. The van der Waals surface area contributed by atoms with Gasteiger partial charge in [0, 0.05) is 0 Å². The minimum Gasteiger partial charge on any atom is -0.0628 e. The molecule has 0 aliphatic carbocycles. The number of hydrogen-bond acceptors (Lipinski definition) is 0. The van der Waals surface area contributed by atoms with E-state index in [0.29, 0.717) is 5.92 Å². The van der Waals surface area contributed by atoms with Gasteiger partial charge in [-0.2, -0.15) is 0 Å². The van der Waals surface area contributed by atoms with E-state index in [9.17, 15) is 0 Å². The Kier molecular flexibility index (Phi) is 7.72. The quantitative estimate of drug-likeness (QED) is 0.630. The highest BCUT2D eigenvalue weighted by atomic mass is 14.0. The smallest absolute Gasteiger partial charge is 0.0219 e. The van der Waals surface area contributed by atoms with Crippen LogP contribution in [0.5, 0.6) is 0 Å². The lowest BCUT2D eigenvalue weighted by Crippen LogP contribution is -1.91. The van der Waals surface area contributed by atoms with E-state index >= 15 is 0 Å². The molecule has 0 spiro atoms. The molecule has 0 saturated carbocycles. The standard InChI is InChI=1S/C11H16.C9H12/c1-10(2)8-9-11-6-4-3-5-7-11;1-8(2)9-6-4-3-5-7-9/h3-7,10H,8-9H2,1-2H3;3-8H,1-2H3. The molecule has 0 N–H and O–H groups in total. The molecule has 0 unspecified atom stereocenters. The van der Waals surface area contributed by atoms with Crippen molar-refractivity contribution in [3.8, 4) is 0 Å². The Balaban J connectivity index is 0.000000204. The van der Waals surface area contributed by atoms with Gasteiger partial charge in [0.15, 0.2) is 0 Å². The molecular weight excluding hydrogens is 240 g/mol. The van der Waals surface area contributed by atoms with Gasteiger partial charge < -0.3 is 0 Å². The lowest BCUT2D eigenvalue weighted by molar-refractivity contribution is 0.587. The predicted molar refractivity (Wildman–Crippen MR) is 90.1 cm³/mol. The van der Waals surface area contributed by atoms with E-state index < -0.39 is 0 Å². The maximum Gasteiger partial charge on any atom is -0.0219 e. The molecule has 0 radical (unpaired) electrons. The van der Waals surface area contributed by atoms with Crippen molar-refractivity contribution in [2.45, 2.75) is 46.5 Å². The van der Waals surface area contributed by atoms with Crippen molar-refractivity contribution in [2.24, 2.45) is 5.92 Å². The number of rotatable bonds is 4. The summed E-state index contributed by atoms with van der Waals surface area (Å²) in [5.74, 6) is 1.47. The van der Waals surface area contributed by atoms with E-state index in [1.165, 1.54) is 24.0 Å². The summed E-state index contributed by atoms with van der Waals surface area (Å²) in [6.45, 7) is 8.94. The fourth-order valence-corrected chi connectivity index (χ4v) is 1.94. The minimum absolute atomic E-state index is 0.659. The minimum atomic E-state index is 0.659. The van der Waals surface area contributed by atoms with E-state index in [-0.39, 0.29) is 0 Å². The van der Waals surface area contributed by atoms with E-state index in [1.54, 1.807) is 0 Å². The fourth-order valence-electron chi connectivity index (χ4n) is 1.94. The summed E-state index contributed by atoms with van der Waals surface area (Å²) >= 11 is 0. The average molecular weight is 268 g/mol. The van der Waals surface area contributed by atoms with E-state index in [2.05, 4.69) is 82.3 Å². The van der Waals surface area contributed by atoms with Gasteiger partial charge in [0.25, 0.3) is 0 Å². The highest BCUT2D eigenvalue weighted by molar-refractivity contribution is 5.17. The molecule has 0 fully saturated rings. The molecule has 0 aliphatic heterocycles. The first-order valence-electron chi connectivity index (χ1n) is 7.68. The average Bonchev–Trinajstić information content (AvgIpc) is 2.48. The molecule has 0 atom stereocenters. The summed E-state index contributed by atoms with van der Waals surface area (Å²) in [6.07, 6.45) is 2.52. The Hall–Kier alpha value is -1.56. The molecule has 0 amide bonds. The maximum absolute atomic E-state index is 2.27. The van der Waals surface area contributed by atoms with Crippen LogP contribution in [0.1, 0.15) is 51.2 Å². The van der Waals surface area contributed by atoms with E-state index in [1.807, 2.05) is 6.07 Å². The fraction of sp³-hybridized carbons (Fsp3) is 0.400. The van der Waals surface area contributed by atoms with Gasteiger partial charge in [-0.3, -0.25) is 0 Å². The first-order valence-corrected chi connectivity index (χ1v) is 7.68. The molecule has 20 heavy (non-hydrogen) atoms. The second-order valence-corrected chi connectivity index (χ2v) is 5.98.